The van der Waals surface area contributed by atoms with E-state index in [0.29, 0.717) is 29.8 Å². The number of aliphatic imine (C=N–C) groups is 1. The van der Waals surface area contributed by atoms with E-state index in [0.717, 1.165) is 45.6 Å². The Hall–Kier alpha value is -3.07. The summed E-state index contributed by atoms with van der Waals surface area (Å²) < 4.78 is 11.4. The van der Waals surface area contributed by atoms with Crippen LogP contribution in [-0.4, -0.2) is 62.0 Å². The minimum absolute atomic E-state index is 0.471. The van der Waals surface area contributed by atoms with Crippen molar-refractivity contribution >= 4 is 47.2 Å². The van der Waals surface area contributed by atoms with Crippen LogP contribution in [0.15, 0.2) is 104 Å². The van der Waals surface area contributed by atoms with Crippen LogP contribution in [-0.2, 0) is 9.47 Å². The number of hydrogen-bond donors (Lipinski definition) is 2. The molecule has 0 spiro atoms. The molecule has 10 heteroatoms. The fourth-order valence-electron chi connectivity index (χ4n) is 3.70. The molecule has 1 N–H and O–H groups in total. The van der Waals surface area contributed by atoms with Crippen LogP contribution < -0.4 is 5.32 Å². The summed E-state index contributed by atoms with van der Waals surface area (Å²) in [5, 5.41) is 6.56. The molecule has 230 valence electrons. The minimum atomic E-state index is 0.471. The van der Waals surface area contributed by atoms with Crippen LogP contribution in [0.4, 0.5) is 0 Å². The van der Waals surface area contributed by atoms with E-state index in [-0.39, 0.29) is 0 Å². The van der Waals surface area contributed by atoms with Crippen LogP contribution in [0.2, 0.25) is 0 Å². The fraction of sp³-hybridized carbons (Fsp3) is 0.375. The molecule has 2 rings (SSSR count). The van der Waals surface area contributed by atoms with Crippen molar-refractivity contribution < 1.29 is 9.47 Å². The van der Waals surface area contributed by atoms with Gasteiger partial charge < -0.3 is 24.6 Å². The van der Waals surface area contributed by atoms with Gasteiger partial charge in [0, 0.05) is 60.6 Å². The van der Waals surface area contributed by atoms with Gasteiger partial charge in [0.05, 0.1) is 25.8 Å². The molecule has 0 radical (unpaired) electrons. The summed E-state index contributed by atoms with van der Waals surface area (Å²) in [4.78, 5) is 12.7. The van der Waals surface area contributed by atoms with Gasteiger partial charge in [-0.05, 0) is 88.1 Å². The molecule has 1 aromatic rings. The number of rotatable bonds is 9. The van der Waals surface area contributed by atoms with E-state index in [9.17, 15) is 0 Å². The van der Waals surface area contributed by atoms with Crippen molar-refractivity contribution in [1.29, 1.82) is 0 Å². The molecule has 0 bridgehead atoms. The molecule has 2 heterocycles. The largest absolute Gasteiger partial charge is 0.501 e. The maximum atomic E-state index is 6.14. The summed E-state index contributed by atoms with van der Waals surface area (Å²) in [6.45, 7) is 10.7. The Balaban J connectivity index is 0.000000609. The number of ether oxygens (including phenoxy) is 2. The number of aromatic nitrogens is 1. The van der Waals surface area contributed by atoms with Gasteiger partial charge in [-0.3, -0.25) is 9.98 Å². The lowest BCUT2D eigenvalue weighted by molar-refractivity contribution is 0.202. The Bertz CT molecular complexity index is 1250. The number of nitrogens with zero attached hydrogens (tertiary/aromatic N) is 4. The van der Waals surface area contributed by atoms with Gasteiger partial charge in [0.25, 0.3) is 0 Å². The second kappa shape index (κ2) is 19.9. The Kier molecular flexibility index (Phi) is 17.5. The van der Waals surface area contributed by atoms with Crippen molar-refractivity contribution in [1.82, 2.24) is 20.1 Å². The number of pyridine rings is 1. The third-order valence-electron chi connectivity index (χ3n) is 5.65. The topological polar surface area (TPSA) is 62.2 Å². The third-order valence-corrected chi connectivity index (χ3v) is 6.13. The molecule has 0 unspecified atom stereocenters. The second-order valence-electron chi connectivity index (χ2n) is 9.59. The van der Waals surface area contributed by atoms with Gasteiger partial charge in [-0.1, -0.05) is 23.2 Å². The van der Waals surface area contributed by atoms with E-state index < -0.39 is 0 Å². The Morgan fingerprint density at radius 1 is 1.14 bits per heavy atom. The van der Waals surface area contributed by atoms with Crippen LogP contribution in [0.3, 0.4) is 0 Å². The minimum Gasteiger partial charge on any atom is -0.501 e. The number of halogens is 2. The predicted octanol–water partition coefficient (Wildman–Crippen LogP) is 8.05. The number of allylic oxidation sites excluding steroid dienone is 8. The first-order chi connectivity index (χ1) is 19.9. The van der Waals surface area contributed by atoms with Gasteiger partial charge in [0.2, 0.25) is 0 Å². The maximum absolute atomic E-state index is 6.14. The molecular weight excluding hydrogens is 589 g/mol. The van der Waals surface area contributed by atoms with Crippen molar-refractivity contribution in [2.75, 3.05) is 41.5 Å². The van der Waals surface area contributed by atoms with E-state index in [1.807, 2.05) is 114 Å². The van der Waals surface area contributed by atoms with Crippen molar-refractivity contribution in [3.8, 4) is 0 Å². The van der Waals surface area contributed by atoms with Crippen LogP contribution in [0.1, 0.15) is 46.6 Å². The highest BCUT2D eigenvalue weighted by molar-refractivity contribution is 7.83. The third kappa shape index (κ3) is 14.2. The van der Waals surface area contributed by atoms with Crippen molar-refractivity contribution in [2.45, 2.75) is 41.0 Å². The first kappa shape index (κ1) is 37.0. The molecule has 7 nitrogen and oxygen atoms in total. The van der Waals surface area contributed by atoms with E-state index >= 15 is 0 Å². The van der Waals surface area contributed by atoms with Gasteiger partial charge in [0.15, 0.2) is 0 Å². The predicted molar refractivity (Wildman–Crippen MR) is 183 cm³/mol. The van der Waals surface area contributed by atoms with Crippen LogP contribution >= 0.6 is 35.8 Å². The average molecular weight is 635 g/mol. The molecule has 0 aliphatic carbocycles. The molecule has 1 aliphatic rings. The molecule has 1 aliphatic heterocycles. The summed E-state index contributed by atoms with van der Waals surface area (Å²) in [5.41, 5.74) is 4.81. The second-order valence-corrected chi connectivity index (χ2v) is 11.0. The molecule has 42 heavy (non-hydrogen) atoms. The summed E-state index contributed by atoms with van der Waals surface area (Å²) in [6.07, 6.45) is 13.6. The first-order valence-corrected chi connectivity index (χ1v) is 14.8. The van der Waals surface area contributed by atoms with Gasteiger partial charge in [-0.25, -0.2) is 0 Å². The average Bonchev–Trinajstić information content (AvgIpc) is 2.94. The quantitative estimate of drug-likeness (QED) is 0.212. The zero-order valence-corrected chi connectivity index (χ0v) is 28.6. The normalized spacial score (nSPS) is 21.3. The lowest BCUT2D eigenvalue weighted by Gasteiger charge is -2.25. The molecule has 0 aromatic carbocycles. The smallest absolute Gasteiger partial charge is 0.111 e. The summed E-state index contributed by atoms with van der Waals surface area (Å²) in [5.74, 6) is 2.49. The lowest BCUT2D eigenvalue weighted by Crippen LogP contribution is -2.29. The standard InChI is InChI=1S/C23H33Cl2N3O2.C9H12N2S/c1-8-30-22-13-19(5)26-15-28(6)23(16(2)11-21(14-22)29-7)27-20(12-18(4)25)10-9-17(3)24;1-11(2)9(7-12)8-4-3-5-10-6-8/h9-13,27H,8,14-15H2,1-7H3;3-7,12H,1-2H3/b17-9+,18-12+,20-10+,21-11+,22-13+,23-16+,26-19+;9-7-. The van der Waals surface area contributed by atoms with Gasteiger partial charge in [-0.15, -0.1) is 12.6 Å². The zero-order valence-electron chi connectivity index (χ0n) is 26.2. The van der Waals surface area contributed by atoms with Crippen LogP contribution in [0.25, 0.3) is 5.70 Å². The van der Waals surface area contributed by atoms with Crippen molar-refractivity contribution in [2.24, 2.45) is 4.99 Å². The Labute approximate surface area is 268 Å². The SMILES string of the molecule is CCO/C1=C/C(C)=N/CN(C)/C(NC(/C=C(\C)Cl)=C/C=C(\C)Cl)=C(C)/C=C(/OC)C1.CN(C)/C(=C\S)c1cccnc1. The van der Waals surface area contributed by atoms with E-state index in [1.54, 1.807) is 18.7 Å². The van der Waals surface area contributed by atoms with Crippen LogP contribution in [0.5, 0.6) is 0 Å². The zero-order chi connectivity index (χ0) is 31.7. The highest BCUT2D eigenvalue weighted by atomic mass is 35.5. The van der Waals surface area contributed by atoms with E-state index in [2.05, 4.69) is 27.9 Å². The lowest BCUT2D eigenvalue weighted by atomic mass is 10.2. The molecule has 0 atom stereocenters. The highest BCUT2D eigenvalue weighted by Gasteiger charge is 2.13. The summed E-state index contributed by atoms with van der Waals surface area (Å²) in [7, 11) is 7.61. The monoisotopic (exact) mass is 633 g/mol. The molecular formula is C32H45Cl2N5O2S. The van der Waals surface area contributed by atoms with Gasteiger partial charge in [0.1, 0.15) is 24.0 Å². The van der Waals surface area contributed by atoms with E-state index in [4.69, 9.17) is 32.7 Å². The Morgan fingerprint density at radius 2 is 1.86 bits per heavy atom. The molecule has 1 aromatic heterocycles. The molecule has 0 saturated carbocycles. The van der Waals surface area contributed by atoms with Gasteiger partial charge in [-0.2, -0.15) is 0 Å². The number of thiol groups is 1. The fourth-order valence-corrected chi connectivity index (χ4v) is 4.26. The maximum Gasteiger partial charge on any atom is 0.111 e. The molecule has 0 amide bonds. The van der Waals surface area contributed by atoms with Gasteiger partial charge >= 0.3 is 0 Å². The Morgan fingerprint density at radius 3 is 2.38 bits per heavy atom. The number of hydrogen-bond acceptors (Lipinski definition) is 8. The van der Waals surface area contributed by atoms with Crippen molar-refractivity contribution in [3.63, 3.8) is 0 Å². The summed E-state index contributed by atoms with van der Waals surface area (Å²) in [6, 6.07) is 3.92. The van der Waals surface area contributed by atoms with Crippen LogP contribution in [0, 0.1) is 0 Å². The highest BCUT2D eigenvalue weighted by Crippen LogP contribution is 2.20. The number of nitrogens with one attached hydrogen (secondary N) is 1. The first-order valence-electron chi connectivity index (χ1n) is 13.5. The molecule has 0 fully saturated rings. The number of methoxy groups -OCH3 is 1. The summed E-state index contributed by atoms with van der Waals surface area (Å²) >= 11 is 16.3. The van der Waals surface area contributed by atoms with Crippen molar-refractivity contribution in [3.05, 3.63) is 105 Å². The molecule has 0 saturated heterocycles. The van der Waals surface area contributed by atoms with E-state index in [1.165, 1.54) is 0 Å².